The summed E-state index contributed by atoms with van der Waals surface area (Å²) in [6.07, 6.45) is -7.05. The molecule has 1 saturated heterocycles. The molecule has 0 spiro atoms. The van der Waals surface area contributed by atoms with Gasteiger partial charge in [-0.1, -0.05) is 12.1 Å². The molecule has 2 heterocycles. The third kappa shape index (κ3) is 7.58. The Morgan fingerprint density at radius 3 is 2.21 bits per heavy atom. The summed E-state index contributed by atoms with van der Waals surface area (Å²) >= 11 is 0. The minimum Gasteiger partial charge on any atom is -0.485 e. The number of rotatable bonds is 12. The number of benzene rings is 2. The van der Waals surface area contributed by atoms with Crippen LogP contribution in [0.4, 0.5) is 0 Å². The maximum Gasteiger partial charge on any atom is 0.343 e. The molecule has 5 atom stereocenters. The third-order valence-electron chi connectivity index (χ3n) is 7.19. The molecule has 254 valence electrons. The van der Waals surface area contributed by atoms with E-state index in [0.29, 0.717) is 5.56 Å². The van der Waals surface area contributed by atoms with Crippen LogP contribution in [0.5, 0.6) is 11.5 Å². The van der Waals surface area contributed by atoms with Crippen LogP contribution in [0.15, 0.2) is 51.9 Å². The van der Waals surface area contributed by atoms with E-state index in [4.69, 9.17) is 18.6 Å². The first-order chi connectivity index (χ1) is 22.0. The minimum atomic E-state index is -1.89. The highest BCUT2D eigenvalue weighted by atomic mass is 17.0. The van der Waals surface area contributed by atoms with Crippen molar-refractivity contribution in [3.63, 3.8) is 0 Å². The quantitative estimate of drug-likeness (QED) is 0.0918. The topological polar surface area (TPSA) is 261 Å². The van der Waals surface area contributed by atoms with Gasteiger partial charge in [-0.3, -0.25) is 9.63 Å². The molecule has 0 aliphatic carbocycles. The van der Waals surface area contributed by atoms with Gasteiger partial charge in [0.1, 0.15) is 66.1 Å². The van der Waals surface area contributed by atoms with Crippen LogP contribution in [-0.2, 0) is 19.2 Å². The molecule has 0 amide bonds. The van der Waals surface area contributed by atoms with Crippen LogP contribution < -0.4 is 14.9 Å². The molecular formula is C29H32N2O16. The molecule has 18 nitrogen and oxygen atoms in total. The molecule has 18 heteroatoms. The van der Waals surface area contributed by atoms with E-state index in [0.717, 1.165) is 20.1 Å². The van der Waals surface area contributed by atoms with E-state index in [1.54, 1.807) is 0 Å². The van der Waals surface area contributed by atoms with Gasteiger partial charge in [0, 0.05) is 0 Å². The number of aliphatic hydroxyl groups is 4. The Bertz CT molecular complexity index is 1700. The maximum atomic E-state index is 13.8. The van der Waals surface area contributed by atoms with Crippen molar-refractivity contribution in [3.05, 3.63) is 78.7 Å². The van der Waals surface area contributed by atoms with Crippen molar-refractivity contribution in [2.45, 2.75) is 69.4 Å². The first kappa shape index (κ1) is 35.0. The van der Waals surface area contributed by atoms with Gasteiger partial charge in [-0.05, 0) is 57.5 Å². The molecule has 0 saturated carbocycles. The van der Waals surface area contributed by atoms with E-state index in [1.165, 1.54) is 50.2 Å². The van der Waals surface area contributed by atoms with Crippen molar-refractivity contribution < 1.29 is 63.7 Å². The summed E-state index contributed by atoms with van der Waals surface area (Å²) in [5.41, 5.74) is -3.74. The smallest absolute Gasteiger partial charge is 0.343 e. The average molecular weight is 665 g/mol. The van der Waals surface area contributed by atoms with E-state index < -0.39 is 76.5 Å². The lowest BCUT2D eigenvalue weighted by Crippen LogP contribution is -2.55. The van der Waals surface area contributed by atoms with Crippen molar-refractivity contribution in [1.29, 1.82) is 0 Å². The van der Waals surface area contributed by atoms with Crippen LogP contribution >= 0.6 is 0 Å². The largest absolute Gasteiger partial charge is 0.485 e. The number of nitrogens with zero attached hydrogens (tertiary/aromatic N) is 2. The van der Waals surface area contributed by atoms with Crippen molar-refractivity contribution >= 4 is 16.9 Å². The molecule has 1 aliphatic heterocycles. The number of fused-ring (bicyclic) bond motifs is 1. The normalized spacial score (nSPS) is 21.6. The van der Waals surface area contributed by atoms with Gasteiger partial charge in [-0.2, -0.15) is 0 Å². The highest BCUT2D eigenvalue weighted by Crippen LogP contribution is 2.42. The van der Waals surface area contributed by atoms with Crippen LogP contribution in [-0.4, -0.2) is 85.4 Å². The minimum absolute atomic E-state index is 0.000632. The second-order valence-corrected chi connectivity index (χ2v) is 11.7. The van der Waals surface area contributed by atoms with Gasteiger partial charge >= 0.3 is 5.97 Å². The fourth-order valence-electron chi connectivity index (χ4n) is 4.79. The zero-order valence-corrected chi connectivity index (χ0v) is 25.4. The molecule has 0 unspecified atom stereocenters. The van der Waals surface area contributed by atoms with E-state index in [2.05, 4.69) is 9.68 Å². The molecule has 0 bridgehead atoms. The number of carbonyl (C=O) groups is 1. The monoisotopic (exact) mass is 664 g/mol. The van der Waals surface area contributed by atoms with E-state index >= 15 is 0 Å². The zero-order valence-electron chi connectivity index (χ0n) is 25.4. The first-order valence-corrected chi connectivity index (χ1v) is 14.0. The van der Waals surface area contributed by atoms with Crippen molar-refractivity contribution in [1.82, 2.24) is 0 Å². The van der Waals surface area contributed by atoms with Crippen molar-refractivity contribution in [3.8, 4) is 22.6 Å². The number of hydrogen-bond donors (Lipinski definition) is 4. The molecule has 1 fully saturated rings. The number of carbonyl (C=O) groups excluding carboxylic acids is 1. The SMILES string of the molecule is CC(C)(CO[N+](=O)[O-])Oc1ccc2c(=O)c(-c3ccc(OC(=O)C(C)(C)O[N+](=O)[O-])cc3)coc2c1[C@@H]1O[C@H](CO)[C@@H](O)[C@H](O)[C@H]1O. The lowest BCUT2D eigenvalue weighted by molar-refractivity contribution is -0.774. The summed E-state index contributed by atoms with van der Waals surface area (Å²) < 4.78 is 22.8. The van der Waals surface area contributed by atoms with Gasteiger partial charge < -0.3 is 43.9 Å². The van der Waals surface area contributed by atoms with Gasteiger partial charge in [-0.25, -0.2) is 4.79 Å². The second-order valence-electron chi connectivity index (χ2n) is 11.7. The summed E-state index contributed by atoms with van der Waals surface area (Å²) in [6.45, 7) is 3.97. The van der Waals surface area contributed by atoms with Crippen LogP contribution in [0, 0.1) is 20.2 Å². The standard InChI is InChI=1S/C29H32N2O16/c1-28(2,13-43-30(38)39)46-18-10-9-16-21(33)17(14-5-7-15(8-6-14)44-27(37)29(3,4)47-31(40)41)12-42-25(16)20(18)26-24(36)23(35)22(34)19(11-32)45-26/h5-10,12,19,22-24,26,32,34-36H,11,13H2,1-4H3/t19-,22-,23+,24-,26+/m1/s1. The first-order valence-electron chi connectivity index (χ1n) is 14.0. The van der Waals surface area contributed by atoms with Gasteiger partial charge in [0.25, 0.3) is 10.2 Å². The van der Waals surface area contributed by atoms with Gasteiger partial charge in [-0.15, -0.1) is 20.2 Å². The van der Waals surface area contributed by atoms with Crippen LogP contribution in [0.25, 0.3) is 22.1 Å². The van der Waals surface area contributed by atoms with E-state index in [-0.39, 0.29) is 33.6 Å². The summed E-state index contributed by atoms with van der Waals surface area (Å²) in [5, 5.41) is 60.8. The molecular weight excluding hydrogens is 632 g/mol. The Labute approximate surface area is 264 Å². The zero-order chi connectivity index (χ0) is 34.8. The molecule has 47 heavy (non-hydrogen) atoms. The lowest BCUT2D eigenvalue weighted by Gasteiger charge is -2.41. The molecule has 4 N–H and O–H groups in total. The molecule has 0 radical (unpaired) electrons. The average Bonchev–Trinajstić information content (AvgIpc) is 2.99. The summed E-state index contributed by atoms with van der Waals surface area (Å²) in [7, 11) is 0. The fourth-order valence-corrected chi connectivity index (χ4v) is 4.79. The van der Waals surface area contributed by atoms with E-state index in [9.17, 15) is 50.2 Å². The maximum absolute atomic E-state index is 13.8. The molecule has 2 aromatic carbocycles. The predicted octanol–water partition coefficient (Wildman–Crippen LogP) is 1.23. The van der Waals surface area contributed by atoms with E-state index in [1.807, 2.05) is 0 Å². The van der Waals surface area contributed by atoms with Crippen LogP contribution in [0.2, 0.25) is 0 Å². The summed E-state index contributed by atoms with van der Waals surface area (Å²) in [4.78, 5) is 56.4. The number of ether oxygens (including phenoxy) is 3. The molecule has 4 rings (SSSR count). The molecule has 1 aliphatic rings. The predicted molar refractivity (Wildman–Crippen MR) is 156 cm³/mol. The Kier molecular flexibility index (Phi) is 10.0. The summed E-state index contributed by atoms with van der Waals surface area (Å²) in [5.74, 6) is -1.12. The van der Waals surface area contributed by atoms with Gasteiger partial charge in [0.15, 0.2) is 0 Å². The summed E-state index contributed by atoms with van der Waals surface area (Å²) in [6, 6.07) is 8.19. The lowest BCUT2D eigenvalue weighted by atomic mass is 9.89. The van der Waals surface area contributed by atoms with Crippen LogP contribution in [0.1, 0.15) is 39.4 Å². The van der Waals surface area contributed by atoms with Gasteiger partial charge in [0.05, 0.1) is 23.1 Å². The molecule has 3 aromatic rings. The number of esters is 1. The molecule has 1 aromatic heterocycles. The Hall–Kier alpha value is -4.88. The fraction of sp³-hybridized carbons (Fsp3) is 0.448. The van der Waals surface area contributed by atoms with Crippen LogP contribution in [0.3, 0.4) is 0 Å². The highest BCUT2D eigenvalue weighted by molar-refractivity contribution is 5.86. The van der Waals surface area contributed by atoms with Crippen molar-refractivity contribution in [2.75, 3.05) is 13.2 Å². The van der Waals surface area contributed by atoms with Crippen molar-refractivity contribution in [2.24, 2.45) is 0 Å². The van der Waals surface area contributed by atoms with Gasteiger partial charge in [0.2, 0.25) is 11.0 Å². The number of aliphatic hydroxyl groups excluding tert-OH is 4. The Morgan fingerprint density at radius 1 is 0.957 bits per heavy atom. The Balaban J connectivity index is 1.76. The number of hydrogen-bond acceptors (Lipinski definition) is 16. The second kappa shape index (κ2) is 13.5. The highest BCUT2D eigenvalue weighted by Gasteiger charge is 2.46. The Morgan fingerprint density at radius 2 is 1.62 bits per heavy atom. The third-order valence-corrected chi connectivity index (χ3v) is 7.19.